The number of carbonyl (C=O) groups excluding carboxylic acids is 1. The Morgan fingerprint density at radius 3 is 2.62 bits per heavy atom. The van der Waals surface area contributed by atoms with Crippen molar-refractivity contribution in [3.05, 3.63) is 51.9 Å². The van der Waals surface area contributed by atoms with Crippen molar-refractivity contribution in [1.29, 1.82) is 0 Å². The van der Waals surface area contributed by atoms with Gasteiger partial charge in [0.25, 0.3) is 10.0 Å². The van der Waals surface area contributed by atoms with E-state index in [1.165, 1.54) is 42.2 Å². The first kappa shape index (κ1) is 19.1. The van der Waals surface area contributed by atoms with Crippen LogP contribution >= 0.6 is 11.3 Å². The largest absolute Gasteiger partial charge is 0.351 e. The van der Waals surface area contributed by atoms with Gasteiger partial charge >= 0.3 is 0 Å². The van der Waals surface area contributed by atoms with Crippen molar-refractivity contribution in [3.8, 4) is 0 Å². The van der Waals surface area contributed by atoms with Crippen LogP contribution in [0.5, 0.6) is 0 Å². The van der Waals surface area contributed by atoms with Crippen LogP contribution in [0.4, 0.5) is 0 Å². The number of hydrogen-bond donors (Lipinski definition) is 2. The van der Waals surface area contributed by atoms with Gasteiger partial charge < -0.3 is 5.32 Å². The Morgan fingerprint density at radius 1 is 1.15 bits per heavy atom. The van der Waals surface area contributed by atoms with Crippen LogP contribution in [-0.4, -0.2) is 14.3 Å². The molecule has 1 aliphatic carbocycles. The van der Waals surface area contributed by atoms with Gasteiger partial charge in [0.2, 0.25) is 5.91 Å². The van der Waals surface area contributed by atoms with Crippen molar-refractivity contribution in [2.75, 3.05) is 0 Å². The molecule has 140 valence electrons. The Morgan fingerprint density at radius 2 is 1.88 bits per heavy atom. The van der Waals surface area contributed by atoms with Gasteiger partial charge in [-0.1, -0.05) is 18.2 Å². The van der Waals surface area contributed by atoms with Gasteiger partial charge in [-0.15, -0.1) is 11.3 Å². The van der Waals surface area contributed by atoms with Gasteiger partial charge in [-0.05, 0) is 61.4 Å². The van der Waals surface area contributed by atoms with E-state index in [2.05, 4.69) is 22.2 Å². The van der Waals surface area contributed by atoms with E-state index in [4.69, 9.17) is 0 Å². The molecular formula is C19H24N2O3S2. The maximum Gasteiger partial charge on any atom is 0.250 e. The molecule has 1 aliphatic rings. The molecule has 0 bridgehead atoms. The van der Waals surface area contributed by atoms with Gasteiger partial charge in [0, 0.05) is 17.8 Å². The Hall–Kier alpha value is -1.70. The maximum absolute atomic E-state index is 12.7. The van der Waals surface area contributed by atoms with Gasteiger partial charge in [0.05, 0.1) is 6.54 Å². The lowest BCUT2D eigenvalue weighted by molar-refractivity contribution is -0.119. The van der Waals surface area contributed by atoms with Crippen LogP contribution in [0.1, 0.15) is 54.3 Å². The standard InChI is InChI=1S/C19H24N2O3S2/c1-13(16-8-7-15-5-3-4-6-17(15)11-16)21-26(23,24)19-10-9-18(25-19)12-20-14(2)22/h7-11,13,21H,3-6,12H2,1-2H3,(H,20,22)/t13-/m1/s1. The molecule has 1 heterocycles. The molecule has 0 aliphatic heterocycles. The average molecular weight is 393 g/mol. The second-order valence-electron chi connectivity index (χ2n) is 6.71. The number of amides is 1. The van der Waals surface area contributed by atoms with Crippen LogP contribution in [0.3, 0.4) is 0 Å². The zero-order chi connectivity index (χ0) is 18.7. The molecule has 2 aromatic rings. The van der Waals surface area contributed by atoms with Crippen LogP contribution < -0.4 is 10.0 Å². The molecule has 1 amide bonds. The van der Waals surface area contributed by atoms with E-state index >= 15 is 0 Å². The van der Waals surface area contributed by atoms with Crippen LogP contribution in [0.15, 0.2) is 34.5 Å². The summed E-state index contributed by atoms with van der Waals surface area (Å²) in [5, 5.41) is 2.68. The normalized spacial score (nSPS) is 15.3. The van der Waals surface area contributed by atoms with Gasteiger partial charge in [0.15, 0.2) is 0 Å². The number of thiophene rings is 1. The first-order valence-corrected chi connectivity index (χ1v) is 11.1. The van der Waals surface area contributed by atoms with Gasteiger partial charge in [-0.2, -0.15) is 0 Å². The van der Waals surface area contributed by atoms with E-state index in [9.17, 15) is 13.2 Å². The van der Waals surface area contributed by atoms with Crippen LogP contribution in [0.2, 0.25) is 0 Å². The lowest BCUT2D eigenvalue weighted by Gasteiger charge is -2.19. The molecule has 0 saturated heterocycles. The molecule has 0 fully saturated rings. The number of benzene rings is 1. The summed E-state index contributed by atoms with van der Waals surface area (Å²) in [6.07, 6.45) is 4.61. The average Bonchev–Trinajstić information content (AvgIpc) is 3.09. The fraction of sp³-hybridized carbons (Fsp3) is 0.421. The number of aryl methyl sites for hydroxylation is 2. The van der Waals surface area contributed by atoms with E-state index in [1.807, 2.05) is 13.0 Å². The highest BCUT2D eigenvalue weighted by Gasteiger charge is 2.21. The first-order chi connectivity index (χ1) is 12.3. The van der Waals surface area contributed by atoms with Crippen molar-refractivity contribution < 1.29 is 13.2 Å². The SMILES string of the molecule is CC(=O)NCc1ccc(S(=O)(=O)N[C@H](C)c2ccc3c(c2)CCCC3)s1. The van der Waals surface area contributed by atoms with Crippen LogP contribution in [-0.2, 0) is 34.2 Å². The first-order valence-electron chi connectivity index (χ1n) is 8.82. The predicted octanol–water partition coefficient (Wildman–Crippen LogP) is 3.30. The third-order valence-corrected chi connectivity index (χ3v) is 7.74. The Bertz CT molecular complexity index is 903. The number of sulfonamides is 1. The molecule has 3 rings (SSSR count). The molecular weight excluding hydrogens is 368 g/mol. The van der Waals surface area contributed by atoms with Crippen molar-refractivity contribution >= 4 is 27.3 Å². The molecule has 1 aromatic heterocycles. The monoisotopic (exact) mass is 392 g/mol. The molecule has 0 radical (unpaired) electrons. The van der Waals surface area contributed by atoms with Crippen molar-refractivity contribution in [2.45, 2.75) is 56.3 Å². The Labute approximate surface area is 158 Å². The second kappa shape index (κ2) is 7.90. The molecule has 0 saturated carbocycles. The van der Waals surface area contributed by atoms with Gasteiger partial charge in [0.1, 0.15) is 4.21 Å². The molecule has 7 heteroatoms. The lowest BCUT2D eigenvalue weighted by atomic mass is 9.89. The predicted molar refractivity (Wildman–Crippen MR) is 104 cm³/mol. The highest BCUT2D eigenvalue weighted by atomic mass is 32.2. The van der Waals surface area contributed by atoms with Gasteiger partial charge in [-0.3, -0.25) is 4.79 Å². The third kappa shape index (κ3) is 4.52. The van der Waals surface area contributed by atoms with Crippen molar-refractivity contribution in [3.63, 3.8) is 0 Å². The second-order valence-corrected chi connectivity index (χ2v) is 9.82. The van der Waals surface area contributed by atoms with Crippen LogP contribution in [0.25, 0.3) is 0 Å². The zero-order valence-corrected chi connectivity index (χ0v) is 16.7. The number of hydrogen-bond acceptors (Lipinski definition) is 4. The number of rotatable bonds is 6. The van der Waals surface area contributed by atoms with Crippen molar-refractivity contribution in [1.82, 2.24) is 10.0 Å². The molecule has 5 nitrogen and oxygen atoms in total. The zero-order valence-electron chi connectivity index (χ0n) is 15.0. The minimum absolute atomic E-state index is 0.137. The highest BCUT2D eigenvalue weighted by molar-refractivity contribution is 7.91. The molecule has 26 heavy (non-hydrogen) atoms. The maximum atomic E-state index is 12.7. The molecule has 1 aromatic carbocycles. The van der Waals surface area contributed by atoms with E-state index < -0.39 is 10.0 Å². The third-order valence-electron chi connectivity index (χ3n) is 4.62. The van der Waals surface area contributed by atoms with Crippen molar-refractivity contribution in [2.24, 2.45) is 0 Å². The molecule has 0 spiro atoms. The number of fused-ring (bicyclic) bond motifs is 1. The number of carbonyl (C=O) groups is 1. The summed E-state index contributed by atoms with van der Waals surface area (Å²) in [4.78, 5) is 11.8. The molecule has 2 N–H and O–H groups in total. The minimum Gasteiger partial charge on any atom is -0.351 e. The summed E-state index contributed by atoms with van der Waals surface area (Å²) < 4.78 is 28.4. The minimum atomic E-state index is -3.59. The van der Waals surface area contributed by atoms with E-state index in [1.54, 1.807) is 12.1 Å². The highest BCUT2D eigenvalue weighted by Crippen LogP contribution is 2.27. The smallest absolute Gasteiger partial charge is 0.250 e. The quantitative estimate of drug-likeness (QED) is 0.792. The van der Waals surface area contributed by atoms with E-state index in [0.717, 1.165) is 23.3 Å². The molecule has 0 unspecified atom stereocenters. The fourth-order valence-electron chi connectivity index (χ4n) is 3.19. The van der Waals surface area contributed by atoms with E-state index in [-0.39, 0.29) is 16.2 Å². The summed E-state index contributed by atoms with van der Waals surface area (Å²) >= 11 is 1.18. The number of nitrogens with one attached hydrogen (secondary N) is 2. The summed E-state index contributed by atoms with van der Waals surface area (Å²) in [5.41, 5.74) is 3.72. The van der Waals surface area contributed by atoms with Gasteiger partial charge in [-0.25, -0.2) is 13.1 Å². The summed E-state index contributed by atoms with van der Waals surface area (Å²) in [5.74, 6) is -0.137. The summed E-state index contributed by atoms with van der Waals surface area (Å²) in [7, 11) is -3.59. The van der Waals surface area contributed by atoms with Crippen LogP contribution in [0, 0.1) is 0 Å². The van der Waals surface area contributed by atoms with E-state index in [0.29, 0.717) is 6.54 Å². The Kier molecular flexibility index (Phi) is 5.79. The summed E-state index contributed by atoms with van der Waals surface area (Å²) in [6.45, 7) is 3.65. The lowest BCUT2D eigenvalue weighted by Crippen LogP contribution is -2.26. The topological polar surface area (TPSA) is 75.3 Å². The Balaban J connectivity index is 1.71. The fourth-order valence-corrected chi connectivity index (χ4v) is 5.73. The summed E-state index contributed by atoms with van der Waals surface area (Å²) in [6, 6.07) is 9.31. The molecule has 1 atom stereocenters.